The van der Waals surface area contributed by atoms with E-state index in [1.165, 1.54) is 18.2 Å². The van der Waals surface area contributed by atoms with Crippen LogP contribution in [-0.4, -0.2) is 18.4 Å². The maximum Gasteiger partial charge on any atom is 0.255 e. The van der Waals surface area contributed by atoms with Crippen LogP contribution < -0.4 is 16.4 Å². The summed E-state index contributed by atoms with van der Waals surface area (Å²) >= 11 is 0. The molecule has 0 unspecified atom stereocenters. The highest BCUT2D eigenvalue weighted by Crippen LogP contribution is 2.13. The van der Waals surface area contributed by atoms with Gasteiger partial charge in [0.2, 0.25) is 5.91 Å². The molecule has 0 radical (unpaired) electrons. The summed E-state index contributed by atoms with van der Waals surface area (Å²) in [6, 6.07) is 12.7. The summed E-state index contributed by atoms with van der Waals surface area (Å²) in [6.45, 7) is 1.09. The molecule has 0 atom stereocenters. The molecule has 0 saturated carbocycles. The van der Waals surface area contributed by atoms with E-state index in [2.05, 4.69) is 10.6 Å². The SMILES string of the molecule is NCCCCCCC(=O)NCc1cccc(NC(=O)c2cccc(F)c2)c1. The smallest absolute Gasteiger partial charge is 0.255 e. The van der Waals surface area contributed by atoms with Crippen LogP contribution in [0, 0.1) is 5.82 Å². The number of rotatable bonds is 10. The van der Waals surface area contributed by atoms with Gasteiger partial charge in [-0.25, -0.2) is 4.39 Å². The summed E-state index contributed by atoms with van der Waals surface area (Å²) in [5.41, 5.74) is 7.17. The molecule has 144 valence electrons. The molecule has 4 N–H and O–H groups in total. The molecule has 0 aromatic heterocycles. The number of nitrogens with two attached hydrogens (primary N) is 1. The number of hydrogen-bond acceptors (Lipinski definition) is 3. The van der Waals surface area contributed by atoms with E-state index in [9.17, 15) is 14.0 Å². The molecule has 0 aliphatic rings. The summed E-state index contributed by atoms with van der Waals surface area (Å²) in [5, 5.41) is 5.62. The molecule has 2 aromatic carbocycles. The van der Waals surface area contributed by atoms with Crippen LogP contribution in [0.1, 0.15) is 48.0 Å². The second-order valence-corrected chi connectivity index (χ2v) is 6.39. The highest BCUT2D eigenvalue weighted by molar-refractivity contribution is 6.04. The lowest BCUT2D eigenvalue weighted by Crippen LogP contribution is -2.22. The number of anilines is 1. The Morgan fingerprint density at radius 2 is 1.74 bits per heavy atom. The Morgan fingerprint density at radius 1 is 0.963 bits per heavy atom. The number of carbonyl (C=O) groups is 2. The fourth-order valence-electron chi connectivity index (χ4n) is 2.66. The largest absolute Gasteiger partial charge is 0.352 e. The predicted octanol–water partition coefficient (Wildman–Crippen LogP) is 3.60. The number of unbranched alkanes of at least 4 members (excludes halogenated alkanes) is 3. The minimum absolute atomic E-state index is 0.0111. The fourth-order valence-corrected chi connectivity index (χ4v) is 2.66. The van der Waals surface area contributed by atoms with Crippen molar-refractivity contribution in [1.29, 1.82) is 0 Å². The van der Waals surface area contributed by atoms with Crippen LogP contribution >= 0.6 is 0 Å². The summed E-state index contributed by atoms with van der Waals surface area (Å²) < 4.78 is 13.2. The maximum atomic E-state index is 13.2. The molecule has 0 aliphatic carbocycles. The van der Waals surface area contributed by atoms with Crippen molar-refractivity contribution < 1.29 is 14.0 Å². The fraction of sp³-hybridized carbons (Fsp3) is 0.333. The molecule has 27 heavy (non-hydrogen) atoms. The number of halogens is 1. The first-order valence-electron chi connectivity index (χ1n) is 9.21. The number of amides is 2. The first-order valence-corrected chi connectivity index (χ1v) is 9.21. The zero-order valence-electron chi connectivity index (χ0n) is 15.3. The Morgan fingerprint density at radius 3 is 2.52 bits per heavy atom. The second-order valence-electron chi connectivity index (χ2n) is 6.39. The average Bonchev–Trinajstić information content (AvgIpc) is 2.66. The van der Waals surface area contributed by atoms with Crippen LogP contribution in [0.4, 0.5) is 10.1 Å². The van der Waals surface area contributed by atoms with Gasteiger partial charge in [0, 0.05) is 24.2 Å². The van der Waals surface area contributed by atoms with Crippen molar-refractivity contribution in [2.24, 2.45) is 5.73 Å². The molecular weight excluding hydrogens is 345 g/mol. The third kappa shape index (κ3) is 7.58. The van der Waals surface area contributed by atoms with Gasteiger partial charge in [0.15, 0.2) is 0 Å². The van der Waals surface area contributed by atoms with Crippen molar-refractivity contribution in [3.8, 4) is 0 Å². The Balaban J connectivity index is 1.81. The quantitative estimate of drug-likeness (QED) is 0.558. The minimum Gasteiger partial charge on any atom is -0.352 e. The van der Waals surface area contributed by atoms with E-state index in [-0.39, 0.29) is 17.4 Å². The standard InChI is InChI=1S/C21H26FN3O2/c22-18-9-6-8-17(14-18)21(27)25-19-10-5-7-16(13-19)15-24-20(26)11-3-1-2-4-12-23/h5-10,13-14H,1-4,11-12,15,23H2,(H,24,26)(H,25,27). The minimum atomic E-state index is -0.456. The molecular formula is C21H26FN3O2. The number of benzene rings is 2. The molecule has 0 fully saturated rings. The molecule has 0 heterocycles. The molecule has 0 bridgehead atoms. The lowest BCUT2D eigenvalue weighted by atomic mass is 10.1. The van der Waals surface area contributed by atoms with Gasteiger partial charge in [0.05, 0.1) is 0 Å². The average molecular weight is 371 g/mol. The molecule has 0 aliphatic heterocycles. The molecule has 6 heteroatoms. The molecule has 2 amide bonds. The molecule has 2 rings (SSSR count). The zero-order valence-corrected chi connectivity index (χ0v) is 15.3. The van der Waals surface area contributed by atoms with Gasteiger partial charge in [-0.05, 0) is 55.3 Å². The molecule has 5 nitrogen and oxygen atoms in total. The van der Waals surface area contributed by atoms with E-state index >= 15 is 0 Å². The Bertz CT molecular complexity index is 765. The first-order chi connectivity index (χ1) is 13.1. The van der Waals surface area contributed by atoms with Gasteiger partial charge in [-0.2, -0.15) is 0 Å². The monoisotopic (exact) mass is 371 g/mol. The Kier molecular flexibility index (Phi) is 8.45. The lowest BCUT2D eigenvalue weighted by molar-refractivity contribution is -0.121. The Hall–Kier alpha value is -2.73. The molecule has 0 saturated heterocycles. The summed E-state index contributed by atoms with van der Waals surface area (Å²) in [6.07, 6.45) is 4.41. The van der Waals surface area contributed by atoms with Crippen LogP contribution in [0.15, 0.2) is 48.5 Å². The highest BCUT2D eigenvalue weighted by atomic mass is 19.1. The number of carbonyl (C=O) groups excluding carboxylic acids is 2. The van der Waals surface area contributed by atoms with Crippen molar-refractivity contribution in [3.05, 3.63) is 65.5 Å². The van der Waals surface area contributed by atoms with Gasteiger partial charge in [0.1, 0.15) is 5.82 Å². The van der Waals surface area contributed by atoms with Gasteiger partial charge >= 0.3 is 0 Å². The van der Waals surface area contributed by atoms with Gasteiger partial charge in [-0.1, -0.05) is 31.0 Å². The van der Waals surface area contributed by atoms with Crippen LogP contribution in [0.5, 0.6) is 0 Å². The Labute approximate surface area is 159 Å². The van der Waals surface area contributed by atoms with E-state index in [4.69, 9.17) is 5.73 Å². The topological polar surface area (TPSA) is 84.2 Å². The number of nitrogens with one attached hydrogen (secondary N) is 2. The summed E-state index contributed by atoms with van der Waals surface area (Å²) in [7, 11) is 0. The van der Waals surface area contributed by atoms with E-state index < -0.39 is 5.82 Å². The van der Waals surface area contributed by atoms with Crippen molar-refractivity contribution >= 4 is 17.5 Å². The number of hydrogen-bond donors (Lipinski definition) is 3. The van der Waals surface area contributed by atoms with Crippen molar-refractivity contribution in [2.75, 3.05) is 11.9 Å². The van der Waals surface area contributed by atoms with Gasteiger partial charge in [-0.3, -0.25) is 9.59 Å². The summed E-state index contributed by atoms with van der Waals surface area (Å²) in [4.78, 5) is 24.1. The van der Waals surface area contributed by atoms with Crippen LogP contribution in [0.25, 0.3) is 0 Å². The van der Waals surface area contributed by atoms with E-state index in [0.29, 0.717) is 25.2 Å². The van der Waals surface area contributed by atoms with Gasteiger partial charge in [0.25, 0.3) is 5.91 Å². The van der Waals surface area contributed by atoms with Crippen LogP contribution in [-0.2, 0) is 11.3 Å². The van der Waals surface area contributed by atoms with Gasteiger partial charge in [-0.15, -0.1) is 0 Å². The van der Waals surface area contributed by atoms with E-state index in [1.807, 2.05) is 6.07 Å². The van der Waals surface area contributed by atoms with Crippen molar-refractivity contribution in [3.63, 3.8) is 0 Å². The van der Waals surface area contributed by atoms with E-state index in [0.717, 1.165) is 31.2 Å². The summed E-state index contributed by atoms with van der Waals surface area (Å²) in [5.74, 6) is -0.827. The van der Waals surface area contributed by atoms with Crippen molar-refractivity contribution in [2.45, 2.75) is 38.6 Å². The highest BCUT2D eigenvalue weighted by Gasteiger charge is 2.08. The second kappa shape index (κ2) is 11.1. The van der Waals surface area contributed by atoms with Crippen LogP contribution in [0.3, 0.4) is 0 Å². The third-order valence-electron chi connectivity index (χ3n) is 4.12. The normalized spacial score (nSPS) is 10.4. The third-order valence-corrected chi connectivity index (χ3v) is 4.12. The first kappa shape index (κ1) is 20.6. The van der Waals surface area contributed by atoms with Crippen molar-refractivity contribution in [1.82, 2.24) is 5.32 Å². The maximum absolute atomic E-state index is 13.2. The molecule has 2 aromatic rings. The van der Waals surface area contributed by atoms with Gasteiger partial charge < -0.3 is 16.4 Å². The van der Waals surface area contributed by atoms with E-state index in [1.54, 1.807) is 24.3 Å². The lowest BCUT2D eigenvalue weighted by Gasteiger charge is -2.09. The predicted molar refractivity (Wildman–Crippen MR) is 105 cm³/mol. The zero-order chi connectivity index (χ0) is 19.5. The molecule has 0 spiro atoms. The van der Waals surface area contributed by atoms with Crippen LogP contribution in [0.2, 0.25) is 0 Å².